The van der Waals surface area contributed by atoms with Gasteiger partial charge in [0.15, 0.2) is 5.78 Å². The number of hydrogen-bond donors (Lipinski definition) is 1. The smallest absolute Gasteiger partial charge is 0.159 e. The largest absolute Gasteiger partial charge is 0.387 e. The molecule has 4 saturated carbocycles. The number of aromatic nitrogens is 3. The maximum atomic E-state index is 13.2. The molecule has 0 unspecified atom stereocenters. The van der Waals surface area contributed by atoms with Gasteiger partial charge in [0.2, 0.25) is 0 Å². The summed E-state index contributed by atoms with van der Waals surface area (Å²) in [6.07, 6.45) is 13.4. The lowest BCUT2D eigenvalue weighted by Crippen LogP contribution is -2.52. The first-order valence-electron chi connectivity index (χ1n) is 12.0. The van der Waals surface area contributed by atoms with E-state index in [0.717, 1.165) is 43.4 Å². The van der Waals surface area contributed by atoms with E-state index in [1.165, 1.54) is 32.1 Å². The Morgan fingerprint density at radius 2 is 1.83 bits per heavy atom. The van der Waals surface area contributed by atoms with Crippen molar-refractivity contribution >= 4 is 5.78 Å². The Balaban J connectivity index is 1.29. The van der Waals surface area contributed by atoms with Crippen LogP contribution < -0.4 is 0 Å². The molecule has 0 aromatic carbocycles. The van der Waals surface area contributed by atoms with Crippen LogP contribution in [0.4, 0.5) is 0 Å². The second-order valence-electron chi connectivity index (χ2n) is 11.0. The van der Waals surface area contributed by atoms with Crippen molar-refractivity contribution in [1.29, 1.82) is 0 Å². The van der Waals surface area contributed by atoms with Crippen LogP contribution in [0.15, 0.2) is 12.4 Å². The van der Waals surface area contributed by atoms with Crippen molar-refractivity contribution < 1.29 is 14.6 Å². The Kier molecular flexibility index (Phi) is 5.29. The van der Waals surface area contributed by atoms with Crippen LogP contribution in [0.2, 0.25) is 0 Å². The van der Waals surface area contributed by atoms with Crippen LogP contribution in [0.5, 0.6) is 0 Å². The van der Waals surface area contributed by atoms with Crippen molar-refractivity contribution in [3.8, 4) is 0 Å². The third kappa shape index (κ3) is 3.35. The molecule has 0 amide bonds. The van der Waals surface area contributed by atoms with E-state index in [2.05, 4.69) is 17.1 Å². The topological polar surface area (TPSA) is 77.2 Å². The number of ether oxygens (including phenoxy) is 1. The number of ketones is 1. The van der Waals surface area contributed by atoms with E-state index in [1.807, 2.05) is 0 Å². The molecule has 6 nitrogen and oxygen atoms in total. The normalized spacial score (nSPS) is 45.4. The fourth-order valence-corrected chi connectivity index (χ4v) is 8.47. The van der Waals surface area contributed by atoms with Gasteiger partial charge in [0.25, 0.3) is 0 Å². The average molecular weight is 416 g/mol. The lowest BCUT2D eigenvalue weighted by molar-refractivity contribution is -0.137. The zero-order chi connectivity index (χ0) is 20.9. The summed E-state index contributed by atoms with van der Waals surface area (Å²) in [6, 6.07) is 0. The van der Waals surface area contributed by atoms with Crippen molar-refractivity contribution in [1.82, 2.24) is 15.0 Å². The molecule has 0 aliphatic heterocycles. The number of carbonyl (C=O) groups is 1. The number of aliphatic hydroxyl groups is 1. The van der Waals surface area contributed by atoms with Crippen LogP contribution >= 0.6 is 0 Å². The summed E-state index contributed by atoms with van der Waals surface area (Å²) in [5, 5.41) is 19.2. The molecule has 5 rings (SSSR count). The van der Waals surface area contributed by atoms with Gasteiger partial charge in [0, 0.05) is 13.0 Å². The molecule has 0 radical (unpaired) electrons. The zero-order valence-electron chi connectivity index (χ0n) is 18.5. The van der Waals surface area contributed by atoms with Crippen LogP contribution in [0.1, 0.15) is 64.7 Å². The van der Waals surface area contributed by atoms with Gasteiger partial charge < -0.3 is 9.84 Å². The Morgan fingerprint density at radius 1 is 1.07 bits per heavy atom. The summed E-state index contributed by atoms with van der Waals surface area (Å²) in [5.41, 5.74) is -0.471. The summed E-state index contributed by atoms with van der Waals surface area (Å²) in [5.74, 6) is 4.12. The van der Waals surface area contributed by atoms with Gasteiger partial charge in [-0.3, -0.25) is 4.79 Å². The molecule has 0 saturated heterocycles. The quantitative estimate of drug-likeness (QED) is 0.796. The van der Waals surface area contributed by atoms with E-state index < -0.39 is 5.60 Å². The minimum absolute atomic E-state index is 0.143. The van der Waals surface area contributed by atoms with Crippen LogP contribution in [0.3, 0.4) is 0 Å². The van der Waals surface area contributed by atoms with E-state index in [4.69, 9.17) is 4.74 Å². The van der Waals surface area contributed by atoms with Crippen molar-refractivity contribution in [2.24, 2.45) is 40.9 Å². The molecule has 8 atom stereocenters. The summed E-state index contributed by atoms with van der Waals surface area (Å²) >= 11 is 0. The number of fused-ring (bicyclic) bond motifs is 5. The third-order valence-corrected chi connectivity index (χ3v) is 9.67. The molecule has 6 heteroatoms. The van der Waals surface area contributed by atoms with Gasteiger partial charge in [-0.05, 0) is 92.8 Å². The molecule has 0 spiro atoms. The predicted molar refractivity (Wildman–Crippen MR) is 112 cm³/mol. The molecule has 1 N–H and O–H groups in total. The first-order chi connectivity index (χ1) is 14.4. The summed E-state index contributed by atoms with van der Waals surface area (Å²) in [7, 11) is 1.70. The van der Waals surface area contributed by atoms with E-state index in [-0.39, 0.29) is 11.3 Å². The summed E-state index contributed by atoms with van der Waals surface area (Å²) < 4.78 is 5.32. The molecule has 0 bridgehead atoms. The van der Waals surface area contributed by atoms with Crippen molar-refractivity contribution in [3.05, 3.63) is 12.4 Å². The highest BCUT2D eigenvalue weighted by atomic mass is 16.5. The highest BCUT2D eigenvalue weighted by Crippen LogP contribution is 2.64. The highest BCUT2D eigenvalue weighted by Gasteiger charge is 2.59. The fraction of sp³-hybridized carbons (Fsp3) is 0.875. The number of rotatable bonds is 5. The number of methoxy groups -OCH3 is 1. The second-order valence-corrected chi connectivity index (χ2v) is 11.0. The fourth-order valence-electron chi connectivity index (χ4n) is 8.47. The number of Topliss-reactive ketones (excluding diaryl/α,β-unsaturated/α-hetero) is 1. The van der Waals surface area contributed by atoms with Gasteiger partial charge in [-0.25, -0.2) is 0 Å². The molecule has 4 fully saturated rings. The third-order valence-electron chi connectivity index (χ3n) is 9.67. The Bertz CT molecular complexity index is 768. The van der Waals surface area contributed by atoms with Crippen molar-refractivity contribution in [2.45, 2.75) is 76.9 Å². The van der Waals surface area contributed by atoms with E-state index in [9.17, 15) is 9.90 Å². The molecule has 1 heterocycles. The van der Waals surface area contributed by atoms with Crippen LogP contribution in [-0.2, 0) is 16.1 Å². The second kappa shape index (κ2) is 7.70. The molecule has 4 aliphatic rings. The van der Waals surface area contributed by atoms with Crippen molar-refractivity contribution in [3.63, 3.8) is 0 Å². The monoisotopic (exact) mass is 415 g/mol. The first kappa shape index (κ1) is 20.6. The van der Waals surface area contributed by atoms with Gasteiger partial charge in [0.05, 0.1) is 24.6 Å². The molecule has 166 valence electrons. The van der Waals surface area contributed by atoms with Crippen LogP contribution in [-0.4, -0.2) is 45.2 Å². The first-order valence-corrected chi connectivity index (χ1v) is 12.0. The van der Waals surface area contributed by atoms with Gasteiger partial charge in [-0.2, -0.15) is 15.0 Å². The van der Waals surface area contributed by atoms with Gasteiger partial charge >= 0.3 is 0 Å². The van der Waals surface area contributed by atoms with Crippen LogP contribution in [0, 0.1) is 40.9 Å². The lowest BCUT2D eigenvalue weighted by Gasteiger charge is -2.57. The minimum Gasteiger partial charge on any atom is -0.387 e. The van der Waals surface area contributed by atoms with Gasteiger partial charge in [-0.15, -0.1) is 0 Å². The summed E-state index contributed by atoms with van der Waals surface area (Å²) in [6.45, 7) is 3.20. The molecular formula is C24H37N3O3. The number of hydrogen-bond acceptors (Lipinski definition) is 5. The minimum atomic E-state index is -0.614. The predicted octanol–water partition coefficient (Wildman–Crippen LogP) is 3.49. The van der Waals surface area contributed by atoms with Crippen molar-refractivity contribution in [2.75, 3.05) is 13.7 Å². The molecule has 30 heavy (non-hydrogen) atoms. The van der Waals surface area contributed by atoms with Gasteiger partial charge in [0.1, 0.15) is 6.54 Å². The van der Waals surface area contributed by atoms with E-state index in [1.54, 1.807) is 24.3 Å². The average Bonchev–Trinajstić information content (AvgIpc) is 3.34. The van der Waals surface area contributed by atoms with E-state index in [0.29, 0.717) is 30.8 Å². The zero-order valence-corrected chi connectivity index (χ0v) is 18.5. The molecule has 4 aliphatic carbocycles. The SMILES string of the molecule is COC[C@@]1(O)CC[C@H]2[C@H](CC[C@@H]3[C@@H]2CC[C@]2(C)[C@@H](C(=O)Cn4nccn4)CC[C@@H]32)C1. The molecule has 1 aromatic rings. The maximum absolute atomic E-state index is 13.2. The van der Waals surface area contributed by atoms with E-state index >= 15 is 0 Å². The maximum Gasteiger partial charge on any atom is 0.159 e. The molecular weight excluding hydrogens is 378 g/mol. The number of carbonyl (C=O) groups excluding carboxylic acids is 1. The van der Waals surface area contributed by atoms with Gasteiger partial charge in [-0.1, -0.05) is 6.92 Å². The van der Waals surface area contributed by atoms with Crippen LogP contribution in [0.25, 0.3) is 0 Å². The lowest BCUT2D eigenvalue weighted by atomic mass is 9.49. The summed E-state index contributed by atoms with van der Waals surface area (Å²) in [4.78, 5) is 14.7. The Hall–Kier alpha value is -1.27. The number of nitrogens with zero attached hydrogens (tertiary/aromatic N) is 3. The Morgan fingerprint density at radius 3 is 2.60 bits per heavy atom. The molecule has 1 aromatic heterocycles. The Labute approximate surface area is 179 Å². The standard InChI is InChI=1S/C24H37N3O3/c1-23-9-7-18-17-8-10-24(29,15-30-2)13-16(17)3-4-19(18)20(23)5-6-21(23)22(28)14-27-25-11-12-26-27/h11-12,16-21,29H,3-10,13-15H2,1-2H3/t16-,17+,18-,19-,20+,21-,23+,24-/m1/s1. The highest BCUT2D eigenvalue weighted by molar-refractivity contribution is 5.81.